The summed E-state index contributed by atoms with van der Waals surface area (Å²) in [4.78, 5) is 14.7. The fraction of sp³-hybridized carbons (Fsp3) is 0.316. The summed E-state index contributed by atoms with van der Waals surface area (Å²) in [5.74, 6) is 0.406. The normalized spacial score (nSPS) is 15.2. The fourth-order valence-corrected chi connectivity index (χ4v) is 3.18. The van der Waals surface area contributed by atoms with E-state index in [0.29, 0.717) is 6.42 Å². The summed E-state index contributed by atoms with van der Waals surface area (Å²) >= 11 is 0. The third-order valence-electron chi connectivity index (χ3n) is 4.44. The number of rotatable bonds is 3. The average Bonchev–Trinajstić information content (AvgIpc) is 2.55. The molecule has 0 radical (unpaired) electrons. The highest BCUT2D eigenvalue weighted by Crippen LogP contribution is 2.32. The number of benzene rings is 2. The van der Waals surface area contributed by atoms with Crippen molar-refractivity contribution in [2.45, 2.75) is 32.1 Å². The Hall–Kier alpha value is -2.29. The highest BCUT2D eigenvalue weighted by Gasteiger charge is 2.24. The van der Waals surface area contributed by atoms with E-state index in [9.17, 15) is 4.79 Å². The van der Waals surface area contributed by atoms with Crippen LogP contribution in [0, 0.1) is 0 Å². The van der Waals surface area contributed by atoms with Gasteiger partial charge in [0, 0.05) is 24.3 Å². The molecule has 0 saturated carbocycles. The Labute approximate surface area is 131 Å². The van der Waals surface area contributed by atoms with E-state index in [1.165, 1.54) is 5.56 Å². The van der Waals surface area contributed by atoms with Crippen molar-refractivity contribution < 1.29 is 4.79 Å². The molecule has 0 fully saturated rings. The lowest BCUT2D eigenvalue weighted by atomic mass is 9.95. The molecule has 0 spiro atoms. The van der Waals surface area contributed by atoms with Crippen LogP contribution < -0.4 is 10.6 Å². The molecule has 3 heteroatoms. The van der Waals surface area contributed by atoms with Crippen LogP contribution in [0.3, 0.4) is 0 Å². The van der Waals surface area contributed by atoms with Crippen LogP contribution in [-0.4, -0.2) is 12.5 Å². The van der Waals surface area contributed by atoms with Gasteiger partial charge in [-0.3, -0.25) is 4.79 Å². The molecule has 1 aliphatic rings. The SMILES string of the molecule is CC(CC(=O)N1CCCc2c(N)cccc21)c1ccccc1. The molecule has 114 valence electrons. The molecule has 1 aliphatic heterocycles. The number of hydrogen-bond donors (Lipinski definition) is 1. The quantitative estimate of drug-likeness (QED) is 0.876. The molecule has 2 aromatic rings. The van der Waals surface area contributed by atoms with Crippen molar-refractivity contribution in [3.8, 4) is 0 Å². The van der Waals surface area contributed by atoms with Gasteiger partial charge in [0.25, 0.3) is 0 Å². The van der Waals surface area contributed by atoms with Crippen molar-refractivity contribution in [1.82, 2.24) is 0 Å². The van der Waals surface area contributed by atoms with Crippen molar-refractivity contribution in [1.29, 1.82) is 0 Å². The van der Waals surface area contributed by atoms with Crippen molar-refractivity contribution in [3.05, 3.63) is 59.7 Å². The van der Waals surface area contributed by atoms with Crippen LogP contribution in [0.2, 0.25) is 0 Å². The van der Waals surface area contributed by atoms with Gasteiger partial charge in [-0.2, -0.15) is 0 Å². The Morgan fingerprint density at radius 2 is 1.95 bits per heavy atom. The number of anilines is 2. The predicted molar refractivity (Wildman–Crippen MR) is 91.0 cm³/mol. The highest BCUT2D eigenvalue weighted by molar-refractivity contribution is 5.95. The molecular weight excluding hydrogens is 272 g/mol. The molecule has 2 aromatic carbocycles. The number of hydrogen-bond acceptors (Lipinski definition) is 2. The summed E-state index contributed by atoms with van der Waals surface area (Å²) in [5.41, 5.74) is 10.2. The highest BCUT2D eigenvalue weighted by atomic mass is 16.2. The third kappa shape index (κ3) is 2.84. The largest absolute Gasteiger partial charge is 0.398 e. The minimum Gasteiger partial charge on any atom is -0.398 e. The Balaban J connectivity index is 1.78. The molecule has 0 aliphatic carbocycles. The molecule has 1 unspecified atom stereocenters. The minimum atomic E-state index is 0.183. The van der Waals surface area contributed by atoms with Gasteiger partial charge < -0.3 is 10.6 Å². The standard InChI is InChI=1S/C19H22N2O/c1-14(15-7-3-2-4-8-15)13-19(22)21-12-6-9-16-17(20)10-5-11-18(16)21/h2-5,7-8,10-11,14H,6,9,12-13,20H2,1H3. The Morgan fingerprint density at radius 1 is 1.18 bits per heavy atom. The van der Waals surface area contributed by atoms with Crippen molar-refractivity contribution in [2.24, 2.45) is 0 Å². The number of nitrogens with two attached hydrogens (primary N) is 1. The maximum Gasteiger partial charge on any atom is 0.227 e. The average molecular weight is 294 g/mol. The van der Waals surface area contributed by atoms with Crippen LogP contribution in [0.15, 0.2) is 48.5 Å². The van der Waals surface area contributed by atoms with Gasteiger partial charge >= 0.3 is 0 Å². The summed E-state index contributed by atoms with van der Waals surface area (Å²) < 4.78 is 0. The second-order valence-electron chi connectivity index (χ2n) is 6.01. The molecule has 3 rings (SSSR count). The van der Waals surface area contributed by atoms with Crippen molar-refractivity contribution in [2.75, 3.05) is 17.2 Å². The lowest BCUT2D eigenvalue weighted by molar-refractivity contribution is -0.119. The van der Waals surface area contributed by atoms with E-state index in [-0.39, 0.29) is 11.8 Å². The van der Waals surface area contributed by atoms with Gasteiger partial charge in [-0.25, -0.2) is 0 Å². The lowest BCUT2D eigenvalue weighted by Gasteiger charge is -2.31. The maximum atomic E-state index is 12.7. The van der Waals surface area contributed by atoms with Crippen molar-refractivity contribution >= 4 is 17.3 Å². The molecule has 3 nitrogen and oxygen atoms in total. The van der Waals surface area contributed by atoms with E-state index >= 15 is 0 Å². The van der Waals surface area contributed by atoms with Crippen molar-refractivity contribution in [3.63, 3.8) is 0 Å². The molecule has 22 heavy (non-hydrogen) atoms. The molecule has 1 atom stereocenters. The maximum absolute atomic E-state index is 12.7. The summed E-state index contributed by atoms with van der Waals surface area (Å²) in [6.45, 7) is 2.90. The van der Waals surface area contributed by atoms with E-state index in [1.54, 1.807) is 0 Å². The van der Waals surface area contributed by atoms with Gasteiger partial charge in [0.05, 0.1) is 0 Å². The Kier molecular flexibility index (Phi) is 4.14. The number of nitrogen functional groups attached to an aromatic ring is 1. The molecule has 0 bridgehead atoms. The first-order valence-corrected chi connectivity index (χ1v) is 7.89. The molecule has 2 N–H and O–H groups in total. The smallest absolute Gasteiger partial charge is 0.227 e. The summed E-state index contributed by atoms with van der Waals surface area (Å²) in [7, 11) is 0. The molecule has 1 heterocycles. The summed E-state index contributed by atoms with van der Waals surface area (Å²) in [6.07, 6.45) is 2.46. The predicted octanol–water partition coefficient (Wildman–Crippen LogP) is 3.74. The number of amides is 1. The number of carbonyl (C=O) groups is 1. The first-order valence-electron chi connectivity index (χ1n) is 7.89. The zero-order valence-electron chi connectivity index (χ0n) is 13.0. The number of carbonyl (C=O) groups excluding carboxylic acids is 1. The zero-order chi connectivity index (χ0) is 15.5. The Morgan fingerprint density at radius 3 is 2.73 bits per heavy atom. The van der Waals surface area contributed by atoms with Gasteiger partial charge in [-0.1, -0.05) is 43.3 Å². The first-order chi connectivity index (χ1) is 10.7. The monoisotopic (exact) mass is 294 g/mol. The van der Waals surface area contributed by atoms with Crippen LogP contribution in [0.4, 0.5) is 11.4 Å². The molecule has 1 amide bonds. The van der Waals surface area contributed by atoms with E-state index in [2.05, 4.69) is 19.1 Å². The summed E-state index contributed by atoms with van der Waals surface area (Å²) in [5, 5.41) is 0. The van der Waals surface area contributed by atoms with Crippen LogP contribution in [-0.2, 0) is 11.2 Å². The van der Waals surface area contributed by atoms with E-state index in [1.807, 2.05) is 41.3 Å². The van der Waals surface area contributed by atoms with E-state index in [4.69, 9.17) is 5.73 Å². The van der Waals surface area contributed by atoms with Gasteiger partial charge in [-0.15, -0.1) is 0 Å². The molecule has 0 saturated heterocycles. The number of nitrogens with zero attached hydrogens (tertiary/aromatic N) is 1. The molecule has 0 aromatic heterocycles. The van der Waals surface area contributed by atoms with Gasteiger partial charge in [-0.05, 0) is 42.0 Å². The Bertz CT molecular complexity index is 666. The second kappa shape index (κ2) is 6.22. The van der Waals surface area contributed by atoms with Crippen LogP contribution in [0.1, 0.15) is 36.8 Å². The van der Waals surface area contributed by atoms with E-state index in [0.717, 1.165) is 36.3 Å². The molecular formula is C19H22N2O. The summed E-state index contributed by atoms with van der Waals surface area (Å²) in [6, 6.07) is 16.1. The minimum absolute atomic E-state index is 0.183. The van der Waals surface area contributed by atoms with E-state index < -0.39 is 0 Å². The number of fused-ring (bicyclic) bond motifs is 1. The fourth-order valence-electron chi connectivity index (χ4n) is 3.18. The third-order valence-corrected chi connectivity index (χ3v) is 4.44. The van der Waals surface area contributed by atoms with Gasteiger partial charge in [0.1, 0.15) is 0 Å². The van der Waals surface area contributed by atoms with Gasteiger partial charge in [0.15, 0.2) is 0 Å². The van der Waals surface area contributed by atoms with Crippen LogP contribution >= 0.6 is 0 Å². The van der Waals surface area contributed by atoms with Crippen LogP contribution in [0.25, 0.3) is 0 Å². The topological polar surface area (TPSA) is 46.3 Å². The lowest BCUT2D eigenvalue weighted by Crippen LogP contribution is -2.36. The van der Waals surface area contributed by atoms with Crippen LogP contribution in [0.5, 0.6) is 0 Å². The second-order valence-corrected chi connectivity index (χ2v) is 6.01. The first kappa shape index (κ1) is 14.6. The zero-order valence-corrected chi connectivity index (χ0v) is 13.0. The van der Waals surface area contributed by atoms with Gasteiger partial charge in [0.2, 0.25) is 5.91 Å².